The zero-order chi connectivity index (χ0) is 27.3. The van der Waals surface area contributed by atoms with E-state index < -0.39 is 23.8 Å². The molecule has 5 nitrogen and oxygen atoms in total. The van der Waals surface area contributed by atoms with Gasteiger partial charge in [-0.05, 0) is 53.6 Å². The number of halogens is 3. The second-order valence-corrected chi connectivity index (χ2v) is 10.6. The maximum atomic E-state index is 13.4. The van der Waals surface area contributed by atoms with Gasteiger partial charge in [0.2, 0.25) is 0 Å². The molecular weight excluding hydrogens is 507 g/mol. The van der Waals surface area contributed by atoms with E-state index in [1.165, 1.54) is 19.1 Å². The number of hydrogen-bond acceptors (Lipinski definition) is 4. The Morgan fingerprint density at radius 1 is 0.897 bits per heavy atom. The Morgan fingerprint density at radius 3 is 2.08 bits per heavy atom. The average molecular weight is 536 g/mol. The minimum Gasteiger partial charge on any atom is -0.448 e. The molecule has 39 heavy (non-hydrogen) atoms. The molecule has 2 aliphatic heterocycles. The smallest absolute Gasteiger partial charge is 0.416 e. The summed E-state index contributed by atoms with van der Waals surface area (Å²) >= 11 is 0. The highest BCUT2D eigenvalue weighted by Crippen LogP contribution is 2.45. The Bertz CT molecular complexity index is 1380. The number of carbonyl (C=O) groups excluding carboxylic acids is 2. The number of amides is 1. The molecule has 2 heterocycles. The van der Waals surface area contributed by atoms with Crippen LogP contribution >= 0.6 is 0 Å². The van der Waals surface area contributed by atoms with E-state index in [1.54, 1.807) is 4.90 Å². The molecule has 2 bridgehead atoms. The molecule has 0 spiro atoms. The number of piperidine rings is 1. The van der Waals surface area contributed by atoms with Gasteiger partial charge in [-0.3, -0.25) is 9.69 Å². The van der Waals surface area contributed by atoms with Crippen molar-refractivity contribution in [1.82, 2.24) is 4.90 Å². The van der Waals surface area contributed by atoms with Gasteiger partial charge in [0.1, 0.15) is 6.61 Å². The highest BCUT2D eigenvalue weighted by Gasteiger charge is 2.45. The highest BCUT2D eigenvalue weighted by atomic mass is 19.4. The summed E-state index contributed by atoms with van der Waals surface area (Å²) in [5.74, 6) is -0.883. The SMILES string of the molecule is Cc1c(C(=O)C2CC3COCC(C2)N3C(=O)OCC2c3ccccc3-c3ccccc32)cccc1C(F)(F)F. The van der Waals surface area contributed by atoms with E-state index in [1.807, 2.05) is 24.3 Å². The van der Waals surface area contributed by atoms with Crippen LogP contribution in [0, 0.1) is 12.8 Å². The molecule has 3 aliphatic rings. The number of benzene rings is 3. The van der Waals surface area contributed by atoms with Crippen LogP contribution in [0.15, 0.2) is 66.7 Å². The second kappa shape index (κ2) is 9.83. The number of rotatable bonds is 4. The first kappa shape index (κ1) is 25.6. The van der Waals surface area contributed by atoms with Crippen LogP contribution in [0.1, 0.15) is 51.4 Å². The van der Waals surface area contributed by atoms with Gasteiger partial charge in [-0.1, -0.05) is 60.7 Å². The van der Waals surface area contributed by atoms with Gasteiger partial charge in [0.05, 0.1) is 30.9 Å². The van der Waals surface area contributed by atoms with Gasteiger partial charge in [-0.15, -0.1) is 0 Å². The van der Waals surface area contributed by atoms with Gasteiger partial charge < -0.3 is 9.47 Å². The fourth-order valence-corrected chi connectivity index (χ4v) is 6.53. The summed E-state index contributed by atoms with van der Waals surface area (Å²) in [6.45, 7) is 2.04. The monoisotopic (exact) mass is 535 g/mol. The Hall–Kier alpha value is -3.65. The number of ether oxygens (including phenoxy) is 2. The van der Waals surface area contributed by atoms with E-state index in [4.69, 9.17) is 9.47 Å². The maximum absolute atomic E-state index is 13.4. The van der Waals surface area contributed by atoms with Crippen LogP contribution in [0.3, 0.4) is 0 Å². The van der Waals surface area contributed by atoms with Gasteiger partial charge >= 0.3 is 12.3 Å². The van der Waals surface area contributed by atoms with Crippen molar-refractivity contribution in [2.45, 2.75) is 43.9 Å². The lowest BCUT2D eigenvalue weighted by Crippen LogP contribution is -2.60. The Balaban J connectivity index is 1.17. The minimum absolute atomic E-state index is 0.0598. The standard InChI is InChI=1S/C31H28F3NO4/c1-18-22(11-6-12-28(18)31(32,33)34)29(36)19-13-20-15-38-16-21(14-19)35(20)30(37)39-17-27-25-9-4-2-7-23(25)24-8-3-5-10-26(24)27/h2-12,19-21,27H,13-17H2,1H3. The fourth-order valence-electron chi connectivity index (χ4n) is 6.53. The maximum Gasteiger partial charge on any atom is 0.416 e. The van der Waals surface area contributed by atoms with Gasteiger partial charge in [0.25, 0.3) is 0 Å². The van der Waals surface area contributed by atoms with Crippen LogP contribution < -0.4 is 0 Å². The summed E-state index contributed by atoms with van der Waals surface area (Å²) in [4.78, 5) is 28.5. The van der Waals surface area contributed by atoms with Crippen molar-refractivity contribution in [3.63, 3.8) is 0 Å². The van der Waals surface area contributed by atoms with Crippen molar-refractivity contribution < 1.29 is 32.2 Å². The average Bonchev–Trinajstić information content (AvgIpc) is 3.23. The number of carbonyl (C=O) groups is 2. The van der Waals surface area contributed by atoms with Gasteiger partial charge in [-0.25, -0.2) is 4.79 Å². The molecule has 0 N–H and O–H groups in total. The predicted molar refractivity (Wildman–Crippen MR) is 139 cm³/mol. The second-order valence-electron chi connectivity index (χ2n) is 10.6. The number of morpholine rings is 1. The number of nitrogens with zero attached hydrogens (tertiary/aromatic N) is 1. The van der Waals surface area contributed by atoms with Crippen molar-refractivity contribution in [3.05, 3.63) is 94.5 Å². The van der Waals surface area contributed by atoms with Crippen molar-refractivity contribution >= 4 is 11.9 Å². The van der Waals surface area contributed by atoms with Crippen molar-refractivity contribution in [3.8, 4) is 11.1 Å². The van der Waals surface area contributed by atoms with Crippen molar-refractivity contribution in [2.24, 2.45) is 5.92 Å². The summed E-state index contributed by atoms with van der Waals surface area (Å²) in [7, 11) is 0. The molecule has 0 radical (unpaired) electrons. The van der Waals surface area contributed by atoms with Crippen molar-refractivity contribution in [1.29, 1.82) is 0 Å². The summed E-state index contributed by atoms with van der Waals surface area (Å²) < 4.78 is 51.9. The van der Waals surface area contributed by atoms with E-state index in [0.29, 0.717) is 12.8 Å². The van der Waals surface area contributed by atoms with E-state index in [-0.39, 0.29) is 54.7 Å². The zero-order valence-corrected chi connectivity index (χ0v) is 21.4. The van der Waals surface area contributed by atoms with E-state index >= 15 is 0 Å². The lowest BCUT2D eigenvalue weighted by molar-refractivity contribution is -0.138. The Kier molecular flexibility index (Phi) is 6.46. The van der Waals surface area contributed by atoms with Crippen molar-refractivity contribution in [2.75, 3.05) is 19.8 Å². The molecule has 3 aromatic rings. The van der Waals surface area contributed by atoms with Crippen LogP contribution in [0.2, 0.25) is 0 Å². The molecule has 0 aromatic heterocycles. The third-order valence-electron chi connectivity index (χ3n) is 8.34. The first-order valence-electron chi connectivity index (χ1n) is 13.2. The molecule has 2 saturated heterocycles. The number of ketones is 1. The molecule has 8 heteroatoms. The van der Waals surface area contributed by atoms with E-state index in [0.717, 1.165) is 28.3 Å². The van der Waals surface area contributed by atoms with Gasteiger partial charge in [0.15, 0.2) is 5.78 Å². The summed E-state index contributed by atoms with van der Waals surface area (Å²) in [6.07, 6.45) is -4.35. The van der Waals surface area contributed by atoms with Gasteiger partial charge in [-0.2, -0.15) is 13.2 Å². The Morgan fingerprint density at radius 2 is 1.49 bits per heavy atom. The lowest BCUT2D eigenvalue weighted by atomic mass is 9.79. The number of hydrogen-bond donors (Lipinski definition) is 0. The highest BCUT2D eigenvalue weighted by molar-refractivity contribution is 5.99. The third-order valence-corrected chi connectivity index (χ3v) is 8.34. The molecule has 2 atom stereocenters. The summed E-state index contributed by atoms with van der Waals surface area (Å²) in [5.41, 5.74) is 3.76. The summed E-state index contributed by atoms with van der Waals surface area (Å²) in [5, 5.41) is 0. The van der Waals surface area contributed by atoms with Crippen LogP contribution in [-0.2, 0) is 15.7 Å². The minimum atomic E-state index is -4.53. The summed E-state index contributed by atoms with van der Waals surface area (Å²) in [6, 6.07) is 19.2. The molecule has 2 unspecified atom stereocenters. The van der Waals surface area contributed by atoms with Crippen LogP contribution in [0.5, 0.6) is 0 Å². The molecule has 0 saturated carbocycles. The molecule has 3 aromatic carbocycles. The Labute approximate surface area is 224 Å². The van der Waals surface area contributed by atoms with Crippen LogP contribution in [0.4, 0.5) is 18.0 Å². The first-order chi connectivity index (χ1) is 18.7. The molecule has 6 rings (SSSR count). The topological polar surface area (TPSA) is 55.8 Å². The molecular formula is C31H28F3NO4. The number of alkyl halides is 3. The van der Waals surface area contributed by atoms with Crippen LogP contribution in [0.25, 0.3) is 11.1 Å². The predicted octanol–water partition coefficient (Wildman–Crippen LogP) is 6.63. The third kappa shape index (κ3) is 4.50. The first-order valence-corrected chi connectivity index (χ1v) is 13.2. The molecule has 1 amide bonds. The number of Topliss-reactive ketones (excluding diaryl/α,β-unsaturated/α-hetero) is 1. The number of fused-ring (bicyclic) bond motifs is 5. The molecule has 2 fully saturated rings. The van der Waals surface area contributed by atoms with Crippen LogP contribution in [-0.4, -0.2) is 48.7 Å². The quantitative estimate of drug-likeness (QED) is 0.352. The van der Waals surface area contributed by atoms with E-state index in [9.17, 15) is 22.8 Å². The normalized spacial score (nSPS) is 22.3. The zero-order valence-electron chi connectivity index (χ0n) is 21.4. The lowest BCUT2D eigenvalue weighted by Gasteiger charge is -2.47. The largest absolute Gasteiger partial charge is 0.448 e. The van der Waals surface area contributed by atoms with E-state index in [2.05, 4.69) is 24.3 Å². The molecule has 202 valence electrons. The van der Waals surface area contributed by atoms with Gasteiger partial charge in [0, 0.05) is 17.4 Å². The fraction of sp³-hybridized carbons (Fsp3) is 0.355. The molecule has 1 aliphatic carbocycles.